The largest absolute Gasteiger partial charge is 0.493 e. The van der Waals surface area contributed by atoms with Gasteiger partial charge in [-0.2, -0.15) is 0 Å². The molecule has 3 aromatic rings. The van der Waals surface area contributed by atoms with Crippen LogP contribution in [0, 0.1) is 19.3 Å². The summed E-state index contributed by atoms with van der Waals surface area (Å²) in [7, 11) is 0. The zero-order valence-corrected chi connectivity index (χ0v) is 20.9. The lowest BCUT2D eigenvalue weighted by Gasteiger charge is -2.24. The van der Waals surface area contributed by atoms with Gasteiger partial charge in [0, 0.05) is 5.41 Å². The number of nitrogens with one attached hydrogen (secondary N) is 2. The lowest BCUT2D eigenvalue weighted by Crippen LogP contribution is -2.47. The summed E-state index contributed by atoms with van der Waals surface area (Å²) >= 11 is 0. The van der Waals surface area contributed by atoms with Crippen molar-refractivity contribution in [3.05, 3.63) is 95.1 Å². The molecule has 0 aromatic heterocycles. The molecule has 184 valence electrons. The van der Waals surface area contributed by atoms with Gasteiger partial charge in [-0.25, -0.2) is 0 Å². The minimum Gasteiger partial charge on any atom is -0.493 e. The second kappa shape index (κ2) is 12.1. The summed E-state index contributed by atoms with van der Waals surface area (Å²) in [5, 5.41) is 0. The van der Waals surface area contributed by atoms with E-state index in [1.165, 1.54) is 0 Å². The number of para-hydroxylation sites is 1. The molecule has 0 radical (unpaired) electrons. The molecular formula is C29H34N2O4. The van der Waals surface area contributed by atoms with Crippen LogP contribution in [0.1, 0.15) is 53.7 Å². The van der Waals surface area contributed by atoms with E-state index in [0.29, 0.717) is 37.4 Å². The summed E-state index contributed by atoms with van der Waals surface area (Å²) in [4.78, 5) is 25.5. The molecule has 0 atom stereocenters. The molecule has 6 heteroatoms. The van der Waals surface area contributed by atoms with Crippen molar-refractivity contribution in [1.29, 1.82) is 0 Å². The van der Waals surface area contributed by atoms with Gasteiger partial charge in [0.15, 0.2) is 0 Å². The average Bonchev–Trinajstić information content (AvgIpc) is 2.86. The Balaban J connectivity index is 1.48. The van der Waals surface area contributed by atoms with Crippen LogP contribution in [-0.2, 0) is 11.4 Å². The van der Waals surface area contributed by atoms with E-state index in [2.05, 4.69) is 16.9 Å². The van der Waals surface area contributed by atoms with Crippen molar-refractivity contribution < 1.29 is 19.1 Å². The van der Waals surface area contributed by atoms with Crippen molar-refractivity contribution in [1.82, 2.24) is 10.9 Å². The van der Waals surface area contributed by atoms with E-state index in [1.807, 2.05) is 70.2 Å². The van der Waals surface area contributed by atoms with E-state index in [9.17, 15) is 9.59 Å². The maximum absolute atomic E-state index is 12.8. The lowest BCUT2D eigenvalue weighted by atomic mass is 9.87. The highest BCUT2D eigenvalue weighted by atomic mass is 16.5. The highest BCUT2D eigenvalue weighted by Gasteiger charge is 2.28. The third kappa shape index (κ3) is 7.60. The monoisotopic (exact) mass is 474 g/mol. The topological polar surface area (TPSA) is 76.7 Å². The minimum absolute atomic E-state index is 0.264. The molecule has 0 aliphatic rings. The van der Waals surface area contributed by atoms with Crippen LogP contribution in [0.15, 0.2) is 72.8 Å². The highest BCUT2D eigenvalue weighted by molar-refractivity contribution is 5.98. The van der Waals surface area contributed by atoms with Gasteiger partial charge in [-0.3, -0.25) is 20.4 Å². The number of hydrogen-bond acceptors (Lipinski definition) is 4. The maximum Gasteiger partial charge on any atom is 0.273 e. The molecule has 0 heterocycles. The van der Waals surface area contributed by atoms with Gasteiger partial charge in [0.25, 0.3) is 5.91 Å². The highest BCUT2D eigenvalue weighted by Crippen LogP contribution is 2.24. The number of amides is 2. The van der Waals surface area contributed by atoms with Gasteiger partial charge < -0.3 is 9.47 Å². The van der Waals surface area contributed by atoms with Crippen LogP contribution >= 0.6 is 0 Å². The van der Waals surface area contributed by atoms with Gasteiger partial charge in [0.05, 0.1) is 12.2 Å². The van der Waals surface area contributed by atoms with Crippen LogP contribution in [0.3, 0.4) is 0 Å². The molecule has 0 aliphatic carbocycles. The van der Waals surface area contributed by atoms with Crippen LogP contribution in [0.2, 0.25) is 0 Å². The van der Waals surface area contributed by atoms with Gasteiger partial charge in [-0.15, -0.1) is 0 Å². The Kier molecular flexibility index (Phi) is 8.90. The second-order valence-corrected chi connectivity index (χ2v) is 9.28. The Hall–Kier alpha value is -3.80. The first-order chi connectivity index (χ1) is 16.8. The molecule has 6 nitrogen and oxygen atoms in total. The Morgan fingerprint density at radius 1 is 0.829 bits per heavy atom. The number of rotatable bonds is 10. The normalized spacial score (nSPS) is 11.0. The summed E-state index contributed by atoms with van der Waals surface area (Å²) in [6.07, 6.45) is 1.31. The van der Waals surface area contributed by atoms with E-state index in [0.717, 1.165) is 22.4 Å². The number of carbonyl (C=O) groups is 2. The van der Waals surface area contributed by atoms with Crippen molar-refractivity contribution in [2.75, 3.05) is 6.61 Å². The molecule has 2 N–H and O–H groups in total. The molecule has 0 aliphatic heterocycles. The predicted octanol–water partition coefficient (Wildman–Crippen LogP) is 5.53. The fraction of sp³-hybridized carbons (Fsp3) is 0.310. The van der Waals surface area contributed by atoms with E-state index >= 15 is 0 Å². The quantitative estimate of drug-likeness (QED) is 0.299. The summed E-state index contributed by atoms with van der Waals surface area (Å²) in [5.41, 5.74) is 7.99. The van der Waals surface area contributed by atoms with Crippen molar-refractivity contribution in [3.8, 4) is 11.5 Å². The third-order valence-electron chi connectivity index (χ3n) is 5.82. The molecule has 0 bridgehead atoms. The fourth-order valence-corrected chi connectivity index (χ4v) is 3.54. The molecule has 0 saturated carbocycles. The van der Waals surface area contributed by atoms with Crippen LogP contribution in [0.4, 0.5) is 0 Å². The number of hydrogen-bond donors (Lipinski definition) is 2. The van der Waals surface area contributed by atoms with Crippen molar-refractivity contribution in [2.45, 2.75) is 47.1 Å². The van der Waals surface area contributed by atoms with Crippen molar-refractivity contribution >= 4 is 11.8 Å². The Labute approximate surface area is 207 Å². The number of aryl methyl sites for hydroxylation is 2. The zero-order chi connectivity index (χ0) is 25.3. The first-order valence-electron chi connectivity index (χ1n) is 11.8. The first-order valence-corrected chi connectivity index (χ1v) is 11.8. The number of ether oxygens (including phenoxy) is 2. The first kappa shape index (κ1) is 25.8. The summed E-state index contributed by atoms with van der Waals surface area (Å²) in [6, 6.07) is 22.8. The zero-order valence-electron chi connectivity index (χ0n) is 20.9. The summed E-state index contributed by atoms with van der Waals surface area (Å²) in [6.45, 7) is 8.60. The molecule has 0 saturated heterocycles. The molecule has 35 heavy (non-hydrogen) atoms. The van der Waals surface area contributed by atoms with E-state index in [4.69, 9.17) is 9.47 Å². The molecule has 2 amide bonds. The number of benzene rings is 3. The van der Waals surface area contributed by atoms with Crippen LogP contribution < -0.4 is 20.3 Å². The standard InChI is InChI=1S/C29H34N2O4/c1-21-15-16-22(2)26(19-21)34-18-10-17-29(3,4)28(33)31-30-27(32)24-13-8-9-14-25(24)35-20-23-11-6-5-7-12-23/h5-9,11-16,19H,10,17-18,20H2,1-4H3,(H,30,32)(H,31,33). The Morgan fingerprint density at radius 2 is 1.54 bits per heavy atom. The van der Waals surface area contributed by atoms with E-state index < -0.39 is 11.3 Å². The lowest BCUT2D eigenvalue weighted by molar-refractivity contribution is -0.130. The molecule has 3 rings (SSSR count). The smallest absolute Gasteiger partial charge is 0.273 e. The number of carbonyl (C=O) groups excluding carboxylic acids is 2. The van der Waals surface area contributed by atoms with Gasteiger partial charge >= 0.3 is 0 Å². The van der Waals surface area contributed by atoms with Crippen LogP contribution in [-0.4, -0.2) is 18.4 Å². The third-order valence-corrected chi connectivity index (χ3v) is 5.82. The summed E-state index contributed by atoms with van der Waals surface area (Å²) in [5.74, 6) is 0.620. The SMILES string of the molecule is Cc1ccc(C)c(OCCCC(C)(C)C(=O)NNC(=O)c2ccccc2OCc2ccccc2)c1. The second-order valence-electron chi connectivity index (χ2n) is 9.28. The average molecular weight is 475 g/mol. The molecule has 0 unspecified atom stereocenters. The van der Waals surface area contributed by atoms with Gasteiger partial charge in [-0.05, 0) is 61.6 Å². The molecule has 0 spiro atoms. The number of hydrazine groups is 1. The molecular weight excluding hydrogens is 440 g/mol. The van der Waals surface area contributed by atoms with Crippen molar-refractivity contribution in [3.63, 3.8) is 0 Å². The fourth-order valence-electron chi connectivity index (χ4n) is 3.54. The van der Waals surface area contributed by atoms with Crippen LogP contribution in [0.25, 0.3) is 0 Å². The maximum atomic E-state index is 12.8. The van der Waals surface area contributed by atoms with Gasteiger partial charge in [-0.1, -0.05) is 68.4 Å². The van der Waals surface area contributed by atoms with Gasteiger partial charge in [0.2, 0.25) is 5.91 Å². The van der Waals surface area contributed by atoms with Gasteiger partial charge in [0.1, 0.15) is 18.1 Å². The molecule has 3 aromatic carbocycles. The minimum atomic E-state index is -0.679. The van der Waals surface area contributed by atoms with E-state index in [-0.39, 0.29) is 5.91 Å². The van der Waals surface area contributed by atoms with Crippen molar-refractivity contribution in [2.24, 2.45) is 5.41 Å². The molecule has 0 fully saturated rings. The van der Waals surface area contributed by atoms with E-state index in [1.54, 1.807) is 24.3 Å². The summed E-state index contributed by atoms with van der Waals surface area (Å²) < 4.78 is 11.8. The predicted molar refractivity (Wildman–Crippen MR) is 137 cm³/mol. The Morgan fingerprint density at radius 3 is 2.31 bits per heavy atom. The van der Waals surface area contributed by atoms with Crippen LogP contribution in [0.5, 0.6) is 11.5 Å². The Bertz CT molecular complexity index is 1140.